The number of hydrogen-bond donors (Lipinski definition) is 1. The molecule has 1 aliphatic rings. The highest BCUT2D eigenvalue weighted by molar-refractivity contribution is 6.33. The van der Waals surface area contributed by atoms with E-state index in [2.05, 4.69) is 17.1 Å². The number of halogens is 1. The van der Waals surface area contributed by atoms with Gasteiger partial charge in [-0.25, -0.2) is 0 Å². The zero-order valence-corrected chi connectivity index (χ0v) is 12.8. The molecule has 4 heteroatoms. The van der Waals surface area contributed by atoms with E-state index in [1.165, 1.54) is 25.9 Å². The minimum atomic E-state index is -0.0807. The maximum atomic E-state index is 12.0. The molecule has 1 amide bonds. The molecule has 110 valence electrons. The van der Waals surface area contributed by atoms with Gasteiger partial charge in [0.15, 0.2) is 0 Å². The van der Waals surface area contributed by atoms with Crippen molar-refractivity contribution >= 4 is 17.5 Å². The van der Waals surface area contributed by atoms with E-state index in [9.17, 15) is 4.79 Å². The van der Waals surface area contributed by atoms with Gasteiger partial charge < -0.3 is 10.2 Å². The zero-order valence-electron chi connectivity index (χ0n) is 12.1. The molecule has 1 aliphatic heterocycles. The van der Waals surface area contributed by atoms with Crippen LogP contribution in [0.4, 0.5) is 0 Å². The monoisotopic (exact) mass is 294 g/mol. The quantitative estimate of drug-likeness (QED) is 0.846. The van der Waals surface area contributed by atoms with Gasteiger partial charge in [0.1, 0.15) is 0 Å². The maximum Gasteiger partial charge on any atom is 0.252 e. The van der Waals surface area contributed by atoms with Crippen LogP contribution in [0.1, 0.15) is 36.5 Å². The molecule has 1 aromatic carbocycles. The average molecular weight is 295 g/mol. The van der Waals surface area contributed by atoms with Crippen molar-refractivity contribution in [2.45, 2.75) is 26.2 Å². The maximum absolute atomic E-state index is 12.0. The van der Waals surface area contributed by atoms with Crippen molar-refractivity contribution in [1.29, 1.82) is 0 Å². The van der Waals surface area contributed by atoms with E-state index in [0.29, 0.717) is 17.1 Å². The molecule has 0 radical (unpaired) electrons. The van der Waals surface area contributed by atoms with E-state index < -0.39 is 0 Å². The third-order valence-electron chi connectivity index (χ3n) is 3.93. The standard InChI is InChI=1S/C16H23ClN2O/c1-13-7-11-19(12-8-13)10-4-9-18-16(20)14-5-2-3-6-15(14)17/h2-3,5-6,13H,4,7-12H2,1H3,(H,18,20). The summed E-state index contributed by atoms with van der Waals surface area (Å²) in [5, 5.41) is 3.45. The molecule has 0 aromatic heterocycles. The van der Waals surface area contributed by atoms with Crippen LogP contribution in [0.2, 0.25) is 5.02 Å². The second-order valence-electron chi connectivity index (χ2n) is 5.61. The van der Waals surface area contributed by atoms with Crippen molar-refractivity contribution in [3.63, 3.8) is 0 Å². The summed E-state index contributed by atoms with van der Waals surface area (Å²) >= 11 is 6.00. The number of amides is 1. The van der Waals surface area contributed by atoms with Gasteiger partial charge in [-0.15, -0.1) is 0 Å². The molecule has 1 aromatic rings. The number of rotatable bonds is 5. The molecule has 1 saturated heterocycles. The zero-order chi connectivity index (χ0) is 14.4. The van der Waals surface area contributed by atoms with Crippen LogP contribution in [0, 0.1) is 5.92 Å². The van der Waals surface area contributed by atoms with Gasteiger partial charge in [0, 0.05) is 6.54 Å². The van der Waals surface area contributed by atoms with E-state index >= 15 is 0 Å². The van der Waals surface area contributed by atoms with E-state index in [0.717, 1.165) is 18.9 Å². The summed E-state index contributed by atoms with van der Waals surface area (Å²) in [5.74, 6) is 0.786. The van der Waals surface area contributed by atoms with Crippen molar-refractivity contribution < 1.29 is 4.79 Å². The highest BCUT2D eigenvalue weighted by atomic mass is 35.5. The molecular weight excluding hydrogens is 272 g/mol. The predicted molar refractivity (Wildman–Crippen MR) is 83.2 cm³/mol. The fourth-order valence-corrected chi connectivity index (χ4v) is 2.75. The summed E-state index contributed by atoms with van der Waals surface area (Å²) in [5.41, 5.74) is 0.556. The third kappa shape index (κ3) is 4.50. The van der Waals surface area contributed by atoms with Crippen molar-refractivity contribution in [2.24, 2.45) is 5.92 Å². The Morgan fingerprint density at radius 2 is 2.05 bits per heavy atom. The molecule has 0 atom stereocenters. The fraction of sp³-hybridized carbons (Fsp3) is 0.562. The second-order valence-corrected chi connectivity index (χ2v) is 6.02. The third-order valence-corrected chi connectivity index (χ3v) is 4.26. The van der Waals surface area contributed by atoms with Crippen LogP contribution < -0.4 is 5.32 Å². The number of likely N-dealkylation sites (tertiary alicyclic amines) is 1. The Morgan fingerprint density at radius 3 is 2.75 bits per heavy atom. The number of piperidine rings is 1. The molecule has 1 N–H and O–H groups in total. The molecule has 0 spiro atoms. The molecule has 0 unspecified atom stereocenters. The minimum Gasteiger partial charge on any atom is -0.352 e. The van der Waals surface area contributed by atoms with Crippen LogP contribution >= 0.6 is 11.6 Å². The van der Waals surface area contributed by atoms with Gasteiger partial charge in [-0.05, 0) is 56.9 Å². The summed E-state index contributed by atoms with van der Waals surface area (Å²) in [6, 6.07) is 7.15. The first-order chi connectivity index (χ1) is 9.66. The molecule has 0 bridgehead atoms. The number of nitrogens with zero attached hydrogens (tertiary/aromatic N) is 1. The van der Waals surface area contributed by atoms with Gasteiger partial charge in [0.2, 0.25) is 0 Å². The molecule has 20 heavy (non-hydrogen) atoms. The molecule has 0 aliphatic carbocycles. The van der Waals surface area contributed by atoms with E-state index in [-0.39, 0.29) is 5.91 Å². The molecule has 2 rings (SSSR count). The van der Waals surface area contributed by atoms with Crippen LogP contribution in [0.3, 0.4) is 0 Å². The Kier molecular flexibility index (Phi) is 5.86. The van der Waals surface area contributed by atoms with Crippen LogP contribution in [-0.4, -0.2) is 37.0 Å². The topological polar surface area (TPSA) is 32.3 Å². The van der Waals surface area contributed by atoms with Crippen LogP contribution in [0.15, 0.2) is 24.3 Å². The SMILES string of the molecule is CC1CCN(CCCNC(=O)c2ccccc2Cl)CC1. The lowest BCUT2D eigenvalue weighted by Crippen LogP contribution is -2.35. The Balaban J connectivity index is 1.66. The number of hydrogen-bond acceptors (Lipinski definition) is 2. The first-order valence-corrected chi connectivity index (χ1v) is 7.79. The largest absolute Gasteiger partial charge is 0.352 e. The summed E-state index contributed by atoms with van der Waals surface area (Å²) in [6.45, 7) is 6.48. The first kappa shape index (κ1) is 15.3. The first-order valence-electron chi connectivity index (χ1n) is 7.42. The average Bonchev–Trinajstić information content (AvgIpc) is 2.46. The van der Waals surface area contributed by atoms with Crippen molar-refractivity contribution in [3.8, 4) is 0 Å². The normalized spacial score (nSPS) is 17.1. The molecule has 0 saturated carbocycles. The van der Waals surface area contributed by atoms with Gasteiger partial charge >= 0.3 is 0 Å². The van der Waals surface area contributed by atoms with Gasteiger partial charge in [-0.3, -0.25) is 4.79 Å². The number of nitrogens with one attached hydrogen (secondary N) is 1. The van der Waals surface area contributed by atoms with E-state index in [1.54, 1.807) is 12.1 Å². The molecule has 1 heterocycles. The van der Waals surface area contributed by atoms with Crippen LogP contribution in [-0.2, 0) is 0 Å². The Morgan fingerprint density at radius 1 is 1.35 bits per heavy atom. The second kappa shape index (κ2) is 7.65. The van der Waals surface area contributed by atoms with Gasteiger partial charge in [-0.1, -0.05) is 30.7 Å². The minimum absolute atomic E-state index is 0.0807. The number of carbonyl (C=O) groups excluding carboxylic acids is 1. The number of carbonyl (C=O) groups is 1. The Bertz CT molecular complexity index is 442. The predicted octanol–water partition coefficient (Wildman–Crippen LogP) is 3.19. The van der Waals surface area contributed by atoms with Gasteiger partial charge in [0.05, 0.1) is 10.6 Å². The lowest BCUT2D eigenvalue weighted by molar-refractivity contribution is 0.0950. The summed E-state index contributed by atoms with van der Waals surface area (Å²) in [6.07, 6.45) is 3.59. The summed E-state index contributed by atoms with van der Waals surface area (Å²) in [4.78, 5) is 14.4. The van der Waals surface area contributed by atoms with Crippen LogP contribution in [0.5, 0.6) is 0 Å². The van der Waals surface area contributed by atoms with E-state index in [4.69, 9.17) is 11.6 Å². The summed E-state index contributed by atoms with van der Waals surface area (Å²) < 4.78 is 0. The molecule has 3 nitrogen and oxygen atoms in total. The van der Waals surface area contributed by atoms with Crippen molar-refractivity contribution in [1.82, 2.24) is 10.2 Å². The van der Waals surface area contributed by atoms with Gasteiger partial charge in [-0.2, -0.15) is 0 Å². The Labute approximate surface area is 126 Å². The van der Waals surface area contributed by atoms with Crippen molar-refractivity contribution in [3.05, 3.63) is 34.9 Å². The lowest BCUT2D eigenvalue weighted by Gasteiger charge is -2.30. The van der Waals surface area contributed by atoms with Crippen molar-refractivity contribution in [2.75, 3.05) is 26.2 Å². The Hall–Kier alpha value is -1.06. The molecule has 1 fully saturated rings. The smallest absolute Gasteiger partial charge is 0.252 e. The van der Waals surface area contributed by atoms with E-state index in [1.807, 2.05) is 12.1 Å². The molecular formula is C16H23ClN2O. The number of benzene rings is 1. The highest BCUT2D eigenvalue weighted by Crippen LogP contribution is 2.16. The highest BCUT2D eigenvalue weighted by Gasteiger charge is 2.15. The van der Waals surface area contributed by atoms with Gasteiger partial charge in [0.25, 0.3) is 5.91 Å². The summed E-state index contributed by atoms with van der Waals surface area (Å²) in [7, 11) is 0. The fourth-order valence-electron chi connectivity index (χ4n) is 2.53. The van der Waals surface area contributed by atoms with Crippen LogP contribution in [0.25, 0.3) is 0 Å². The lowest BCUT2D eigenvalue weighted by atomic mass is 9.99.